The molecule has 0 saturated carbocycles. The molecule has 2 aromatic heterocycles. The number of anilines is 1. The number of likely N-dealkylation sites (N-methyl/N-ethyl adjacent to an activating group) is 1. The summed E-state index contributed by atoms with van der Waals surface area (Å²) < 4.78 is 0. The highest BCUT2D eigenvalue weighted by Gasteiger charge is 2.28. The molecule has 4 N–H and O–H groups in total. The van der Waals surface area contributed by atoms with Crippen LogP contribution in [0.4, 0.5) is 5.69 Å². The van der Waals surface area contributed by atoms with E-state index in [-0.39, 0.29) is 17.2 Å². The van der Waals surface area contributed by atoms with E-state index in [9.17, 15) is 9.59 Å². The van der Waals surface area contributed by atoms with Gasteiger partial charge in [-0.1, -0.05) is 12.1 Å². The van der Waals surface area contributed by atoms with Crippen LogP contribution in [0.1, 0.15) is 16.8 Å². The summed E-state index contributed by atoms with van der Waals surface area (Å²) in [7, 11) is 4.07. The number of carbonyl (C=O) groups is 1. The lowest BCUT2D eigenvalue weighted by molar-refractivity contribution is 0.0783. The smallest absolute Gasteiger partial charge is 0.276 e. The fourth-order valence-corrected chi connectivity index (χ4v) is 4.26. The molecule has 4 aromatic rings. The standard InChI is InChI=1S/C23H24N6O2/c1-28(2)14-9-10-29(12-14)23(31)13-7-8-16-15(11-13)19(24)20(25-16)21-22(30)27-18-6-4-3-5-17(18)26-21/h3-8,11,14,25H,9-10,12,24H2,1-2H3,(H,27,30)/t14-/m0/s1. The van der Waals surface area contributed by atoms with E-state index in [0.717, 1.165) is 18.5 Å². The number of H-pyrrole nitrogens is 2. The zero-order chi connectivity index (χ0) is 21.7. The van der Waals surface area contributed by atoms with Gasteiger partial charge in [-0.15, -0.1) is 0 Å². The average molecular weight is 416 g/mol. The molecule has 0 unspecified atom stereocenters. The van der Waals surface area contributed by atoms with Gasteiger partial charge in [0, 0.05) is 35.6 Å². The van der Waals surface area contributed by atoms with Crippen LogP contribution in [0.15, 0.2) is 47.3 Å². The van der Waals surface area contributed by atoms with Gasteiger partial charge in [0.1, 0.15) is 0 Å². The van der Waals surface area contributed by atoms with Crippen molar-refractivity contribution in [2.45, 2.75) is 12.5 Å². The Balaban J connectivity index is 1.53. The number of rotatable bonds is 3. The third-order valence-corrected chi connectivity index (χ3v) is 6.10. The Bertz CT molecular complexity index is 1370. The highest BCUT2D eigenvalue weighted by atomic mass is 16.2. The van der Waals surface area contributed by atoms with Gasteiger partial charge < -0.3 is 25.5 Å². The molecule has 8 heteroatoms. The first-order valence-corrected chi connectivity index (χ1v) is 10.3. The van der Waals surface area contributed by atoms with E-state index in [1.165, 1.54) is 0 Å². The van der Waals surface area contributed by atoms with Crippen LogP contribution in [0.3, 0.4) is 0 Å². The molecular weight excluding hydrogens is 392 g/mol. The lowest BCUT2D eigenvalue weighted by atomic mass is 10.1. The minimum absolute atomic E-state index is 0.00456. The predicted octanol–water partition coefficient (Wildman–Crippen LogP) is 2.43. The summed E-state index contributed by atoms with van der Waals surface area (Å²) in [5.74, 6) is -0.00456. The molecule has 0 bridgehead atoms. The van der Waals surface area contributed by atoms with Crippen LogP contribution >= 0.6 is 0 Å². The van der Waals surface area contributed by atoms with Gasteiger partial charge in [-0.3, -0.25) is 9.59 Å². The first-order chi connectivity index (χ1) is 14.9. The van der Waals surface area contributed by atoms with Crippen molar-refractivity contribution in [2.24, 2.45) is 0 Å². The number of nitrogen functional groups attached to an aromatic ring is 1. The largest absolute Gasteiger partial charge is 0.396 e. The van der Waals surface area contributed by atoms with Crippen molar-refractivity contribution < 1.29 is 4.79 Å². The zero-order valence-corrected chi connectivity index (χ0v) is 17.5. The van der Waals surface area contributed by atoms with E-state index < -0.39 is 0 Å². The summed E-state index contributed by atoms with van der Waals surface area (Å²) in [5.41, 5.74) is 9.88. The highest BCUT2D eigenvalue weighted by molar-refractivity contribution is 6.04. The maximum Gasteiger partial charge on any atom is 0.276 e. The fourth-order valence-electron chi connectivity index (χ4n) is 4.26. The SMILES string of the molecule is CN(C)[C@H]1CCN(C(=O)c2ccc3[nH]c(-c4nc5ccccc5[nH]c4=O)c(N)c3c2)C1. The lowest BCUT2D eigenvalue weighted by Crippen LogP contribution is -2.34. The molecule has 5 rings (SSSR count). The molecule has 0 radical (unpaired) electrons. The molecule has 1 aliphatic rings. The molecule has 2 aromatic carbocycles. The van der Waals surface area contributed by atoms with E-state index in [2.05, 4.69) is 19.9 Å². The topological polar surface area (TPSA) is 111 Å². The molecule has 1 amide bonds. The molecule has 8 nitrogen and oxygen atoms in total. The molecule has 0 spiro atoms. The zero-order valence-electron chi connectivity index (χ0n) is 17.5. The van der Waals surface area contributed by atoms with Gasteiger partial charge in [-0.2, -0.15) is 0 Å². The molecule has 1 fully saturated rings. The second-order valence-electron chi connectivity index (χ2n) is 8.26. The molecule has 1 saturated heterocycles. The number of para-hydroxylation sites is 2. The van der Waals surface area contributed by atoms with Crippen molar-refractivity contribution >= 4 is 33.5 Å². The van der Waals surface area contributed by atoms with Gasteiger partial charge in [0.05, 0.1) is 22.4 Å². The predicted molar refractivity (Wildman–Crippen MR) is 122 cm³/mol. The van der Waals surface area contributed by atoms with Gasteiger partial charge >= 0.3 is 0 Å². The maximum absolute atomic E-state index is 13.0. The first-order valence-electron chi connectivity index (χ1n) is 10.3. The van der Waals surface area contributed by atoms with Crippen LogP contribution in [-0.4, -0.2) is 63.9 Å². The van der Waals surface area contributed by atoms with Gasteiger partial charge in [0.25, 0.3) is 11.5 Å². The third kappa shape index (κ3) is 3.25. The minimum atomic E-state index is -0.319. The van der Waals surface area contributed by atoms with Crippen molar-refractivity contribution in [3.8, 4) is 11.4 Å². The van der Waals surface area contributed by atoms with Crippen molar-refractivity contribution in [2.75, 3.05) is 32.9 Å². The number of hydrogen-bond acceptors (Lipinski definition) is 5. The van der Waals surface area contributed by atoms with Gasteiger partial charge in [0.15, 0.2) is 5.69 Å². The van der Waals surface area contributed by atoms with Gasteiger partial charge in [-0.25, -0.2) is 4.98 Å². The maximum atomic E-state index is 13.0. The Morgan fingerprint density at radius 3 is 2.74 bits per heavy atom. The molecule has 3 heterocycles. The summed E-state index contributed by atoms with van der Waals surface area (Å²) >= 11 is 0. The van der Waals surface area contributed by atoms with Crippen LogP contribution in [0.2, 0.25) is 0 Å². The second kappa shape index (κ2) is 7.24. The van der Waals surface area contributed by atoms with E-state index in [0.29, 0.717) is 46.0 Å². The van der Waals surface area contributed by atoms with Gasteiger partial charge in [0.2, 0.25) is 0 Å². The van der Waals surface area contributed by atoms with E-state index in [1.54, 1.807) is 18.2 Å². The Morgan fingerprint density at radius 1 is 1.16 bits per heavy atom. The summed E-state index contributed by atoms with van der Waals surface area (Å²) in [6.45, 7) is 1.46. The Kier molecular flexibility index (Phi) is 4.51. The van der Waals surface area contributed by atoms with Crippen molar-refractivity contribution in [3.63, 3.8) is 0 Å². The van der Waals surface area contributed by atoms with Gasteiger partial charge in [-0.05, 0) is 50.8 Å². The number of nitrogens with zero attached hydrogens (tertiary/aromatic N) is 3. The monoisotopic (exact) mass is 416 g/mol. The van der Waals surface area contributed by atoms with Crippen LogP contribution < -0.4 is 11.3 Å². The quantitative estimate of drug-likeness (QED) is 0.475. The number of hydrogen-bond donors (Lipinski definition) is 3. The Hall–Kier alpha value is -3.65. The molecule has 1 atom stereocenters. The highest BCUT2D eigenvalue weighted by Crippen LogP contribution is 2.32. The molecule has 31 heavy (non-hydrogen) atoms. The van der Waals surface area contributed by atoms with Crippen LogP contribution in [0, 0.1) is 0 Å². The first kappa shape index (κ1) is 19.3. The van der Waals surface area contributed by atoms with E-state index in [1.807, 2.05) is 43.3 Å². The number of carbonyl (C=O) groups excluding carboxylic acids is 1. The van der Waals surface area contributed by atoms with Crippen molar-refractivity contribution in [1.29, 1.82) is 0 Å². The number of nitrogens with one attached hydrogen (secondary N) is 2. The second-order valence-corrected chi connectivity index (χ2v) is 8.26. The minimum Gasteiger partial charge on any atom is -0.396 e. The Morgan fingerprint density at radius 2 is 1.97 bits per heavy atom. The number of nitrogens with two attached hydrogens (primary N) is 1. The van der Waals surface area contributed by atoms with Crippen LogP contribution in [0.5, 0.6) is 0 Å². The third-order valence-electron chi connectivity index (χ3n) is 6.10. The summed E-state index contributed by atoms with van der Waals surface area (Å²) in [6.07, 6.45) is 0.966. The van der Waals surface area contributed by atoms with E-state index >= 15 is 0 Å². The average Bonchev–Trinajstić information content (AvgIpc) is 3.38. The van der Waals surface area contributed by atoms with Crippen LogP contribution in [-0.2, 0) is 0 Å². The van der Waals surface area contributed by atoms with Crippen molar-refractivity contribution in [3.05, 3.63) is 58.4 Å². The summed E-state index contributed by atoms with van der Waals surface area (Å²) in [5, 5.41) is 0.707. The molecule has 158 valence electrons. The normalized spacial score (nSPS) is 16.6. The number of aromatic nitrogens is 3. The lowest BCUT2D eigenvalue weighted by Gasteiger charge is -2.20. The van der Waals surface area contributed by atoms with E-state index in [4.69, 9.17) is 5.73 Å². The molecule has 1 aliphatic heterocycles. The summed E-state index contributed by atoms with van der Waals surface area (Å²) in [4.78, 5) is 40.3. The number of benzene rings is 2. The number of fused-ring (bicyclic) bond motifs is 2. The molecular formula is C23H24N6O2. The molecule has 0 aliphatic carbocycles. The number of amides is 1. The van der Waals surface area contributed by atoms with Crippen molar-refractivity contribution in [1.82, 2.24) is 24.8 Å². The van der Waals surface area contributed by atoms with Crippen LogP contribution in [0.25, 0.3) is 33.3 Å². The Labute approximate surface area is 178 Å². The number of likely N-dealkylation sites (tertiary alicyclic amines) is 1. The number of aromatic amines is 2. The summed E-state index contributed by atoms with van der Waals surface area (Å²) in [6, 6.07) is 13.1. The fraction of sp³-hybridized carbons (Fsp3) is 0.261.